The Morgan fingerprint density at radius 1 is 0.914 bits per heavy atom. The number of likely N-dealkylation sites (tertiary alicyclic amines) is 1. The molecule has 2 bridgehead atoms. The Kier molecular flexibility index (Phi) is 7.34. The van der Waals surface area contributed by atoms with Gasteiger partial charge in [0, 0.05) is 24.8 Å². The highest BCUT2D eigenvalue weighted by atomic mass is 32.1. The minimum Gasteiger partial charge on any atom is -0.497 e. The van der Waals surface area contributed by atoms with E-state index in [-0.39, 0.29) is 22.9 Å². The van der Waals surface area contributed by atoms with Crippen LogP contribution in [0.5, 0.6) is 5.75 Å². The van der Waals surface area contributed by atoms with Crippen molar-refractivity contribution < 1.29 is 50.6 Å². The average Bonchev–Trinajstić information content (AvgIpc) is 3.53. The van der Waals surface area contributed by atoms with Crippen molar-refractivity contribution in [2.24, 2.45) is 0 Å². The number of fused-ring (bicyclic) bond motifs is 2. The first-order chi connectivity index (χ1) is 16.2. The van der Waals surface area contributed by atoms with Crippen molar-refractivity contribution in [3.63, 3.8) is 0 Å². The molecule has 2 aromatic rings. The van der Waals surface area contributed by atoms with E-state index in [0.29, 0.717) is 24.4 Å². The van der Waals surface area contributed by atoms with Gasteiger partial charge in [-0.05, 0) is 42.8 Å². The number of ether oxygens (including phenoxy) is 1. The SMILES string of the molecule is COc1ccc(N2CC3CC2CN3C(=O)c2ccc(C(=O)C(F)(F)F)s2)cc1.O=C(O)C(F)(F)F. The molecule has 4 rings (SSSR count). The summed E-state index contributed by atoms with van der Waals surface area (Å²) < 4.78 is 74.6. The van der Waals surface area contributed by atoms with Crippen LogP contribution in [-0.2, 0) is 4.79 Å². The first kappa shape index (κ1) is 26.3. The number of hydrogen-bond acceptors (Lipinski definition) is 6. The lowest BCUT2D eigenvalue weighted by atomic mass is 10.2. The summed E-state index contributed by atoms with van der Waals surface area (Å²) in [6, 6.07) is 10.3. The number of amides is 1. The molecule has 190 valence electrons. The number of aliphatic carboxylic acids is 1. The van der Waals surface area contributed by atoms with Crippen molar-refractivity contribution in [2.75, 3.05) is 25.1 Å². The van der Waals surface area contributed by atoms with Crippen LogP contribution < -0.4 is 9.64 Å². The fraction of sp³-hybridized carbons (Fsp3) is 0.381. The Balaban J connectivity index is 0.000000429. The molecular weight excluding hydrogens is 506 g/mol. The summed E-state index contributed by atoms with van der Waals surface area (Å²) in [5.41, 5.74) is 1.05. The monoisotopic (exact) mass is 524 g/mol. The second-order valence-electron chi connectivity index (χ2n) is 7.64. The maximum atomic E-state index is 12.8. The number of carboxylic acid groups (broad SMARTS) is 1. The summed E-state index contributed by atoms with van der Waals surface area (Å²) in [6.07, 6.45) is -9.20. The molecule has 2 fully saturated rings. The molecule has 1 aromatic carbocycles. The number of benzene rings is 1. The minimum atomic E-state index is -5.08. The summed E-state index contributed by atoms with van der Waals surface area (Å²) in [6.45, 7) is 1.18. The predicted octanol–water partition coefficient (Wildman–Crippen LogP) is 4.24. The second-order valence-corrected chi connectivity index (χ2v) is 8.73. The zero-order valence-corrected chi connectivity index (χ0v) is 18.7. The smallest absolute Gasteiger partial charge is 0.490 e. The number of Topliss-reactive ketones (excluding diaryl/α,β-unsaturated/α-hetero) is 1. The van der Waals surface area contributed by atoms with Gasteiger partial charge in [-0.3, -0.25) is 9.59 Å². The molecule has 14 heteroatoms. The van der Waals surface area contributed by atoms with E-state index in [1.54, 1.807) is 12.0 Å². The molecule has 2 aliphatic rings. The number of methoxy groups -OCH3 is 1. The number of anilines is 1. The third-order valence-electron chi connectivity index (χ3n) is 5.45. The van der Waals surface area contributed by atoms with E-state index >= 15 is 0 Å². The predicted molar refractivity (Wildman–Crippen MR) is 112 cm³/mol. The highest BCUT2D eigenvalue weighted by Gasteiger charge is 2.46. The highest BCUT2D eigenvalue weighted by molar-refractivity contribution is 7.16. The summed E-state index contributed by atoms with van der Waals surface area (Å²) in [7, 11) is 1.61. The quantitative estimate of drug-likeness (QED) is 0.476. The van der Waals surface area contributed by atoms with Crippen molar-refractivity contribution in [2.45, 2.75) is 30.9 Å². The number of carbonyl (C=O) groups is 3. The van der Waals surface area contributed by atoms with Crippen molar-refractivity contribution in [3.05, 3.63) is 46.2 Å². The molecule has 1 N–H and O–H groups in total. The summed E-state index contributed by atoms with van der Waals surface area (Å²) in [5.74, 6) is -4.21. The maximum absolute atomic E-state index is 12.8. The number of carboxylic acids is 1. The number of thiophene rings is 1. The number of nitrogens with zero attached hydrogens (tertiary/aromatic N) is 2. The largest absolute Gasteiger partial charge is 0.497 e. The van der Waals surface area contributed by atoms with Crippen LogP contribution in [0.2, 0.25) is 0 Å². The molecule has 0 saturated carbocycles. The van der Waals surface area contributed by atoms with Crippen molar-refractivity contribution in [3.8, 4) is 5.75 Å². The fourth-order valence-electron chi connectivity index (χ4n) is 3.86. The topological polar surface area (TPSA) is 87.2 Å². The van der Waals surface area contributed by atoms with E-state index in [2.05, 4.69) is 4.90 Å². The molecule has 2 saturated heterocycles. The molecule has 1 aromatic heterocycles. The third kappa shape index (κ3) is 5.86. The fourth-order valence-corrected chi connectivity index (χ4v) is 4.78. The number of ketones is 1. The number of alkyl halides is 6. The first-order valence-corrected chi connectivity index (χ1v) is 10.8. The van der Waals surface area contributed by atoms with Gasteiger partial charge in [-0.1, -0.05) is 0 Å². The molecule has 3 heterocycles. The number of piperazine rings is 1. The summed E-state index contributed by atoms with van der Waals surface area (Å²) >= 11 is 0.603. The van der Waals surface area contributed by atoms with E-state index in [9.17, 15) is 35.9 Å². The van der Waals surface area contributed by atoms with Gasteiger partial charge in [0.2, 0.25) is 0 Å². The van der Waals surface area contributed by atoms with Gasteiger partial charge < -0.3 is 19.6 Å². The minimum absolute atomic E-state index is 0.00321. The molecule has 2 aliphatic heterocycles. The number of carbonyl (C=O) groups excluding carboxylic acids is 2. The van der Waals surface area contributed by atoms with Crippen LogP contribution >= 0.6 is 11.3 Å². The lowest BCUT2D eigenvalue weighted by Gasteiger charge is -2.35. The Labute approximate surface area is 198 Å². The van der Waals surface area contributed by atoms with E-state index in [0.717, 1.165) is 23.9 Å². The van der Waals surface area contributed by atoms with Gasteiger partial charge in [0.05, 0.1) is 22.9 Å². The van der Waals surface area contributed by atoms with Crippen LogP contribution in [0.15, 0.2) is 36.4 Å². The third-order valence-corrected chi connectivity index (χ3v) is 6.52. The lowest BCUT2D eigenvalue weighted by molar-refractivity contribution is -0.192. The molecule has 2 unspecified atom stereocenters. The number of rotatable bonds is 4. The average molecular weight is 524 g/mol. The Morgan fingerprint density at radius 2 is 1.49 bits per heavy atom. The van der Waals surface area contributed by atoms with E-state index in [4.69, 9.17) is 14.6 Å². The molecule has 0 radical (unpaired) electrons. The van der Waals surface area contributed by atoms with Gasteiger partial charge in [-0.15, -0.1) is 11.3 Å². The van der Waals surface area contributed by atoms with Crippen LogP contribution in [0.1, 0.15) is 25.8 Å². The van der Waals surface area contributed by atoms with Crippen LogP contribution in [-0.4, -0.2) is 72.3 Å². The van der Waals surface area contributed by atoms with E-state index < -0.39 is 29.0 Å². The molecule has 1 amide bonds. The lowest BCUT2D eigenvalue weighted by Crippen LogP contribution is -2.48. The molecule has 7 nitrogen and oxygen atoms in total. The first-order valence-electron chi connectivity index (χ1n) is 9.95. The number of halogens is 6. The zero-order valence-electron chi connectivity index (χ0n) is 17.9. The molecule has 0 aliphatic carbocycles. The highest BCUT2D eigenvalue weighted by Crippen LogP contribution is 2.37. The maximum Gasteiger partial charge on any atom is 0.490 e. The van der Waals surface area contributed by atoms with Crippen LogP contribution in [0, 0.1) is 0 Å². The summed E-state index contributed by atoms with van der Waals surface area (Å²) in [5, 5.41) is 7.12. The molecule has 0 spiro atoms. The van der Waals surface area contributed by atoms with E-state index in [1.165, 1.54) is 6.07 Å². The Bertz CT molecular complexity index is 1100. The normalized spacial score (nSPS) is 19.3. The number of hydrogen-bond donors (Lipinski definition) is 1. The van der Waals surface area contributed by atoms with Gasteiger partial charge >= 0.3 is 18.3 Å². The Hall–Kier alpha value is -3.29. The van der Waals surface area contributed by atoms with Crippen molar-refractivity contribution in [1.29, 1.82) is 0 Å². The van der Waals surface area contributed by atoms with Gasteiger partial charge in [-0.25, -0.2) is 4.79 Å². The van der Waals surface area contributed by atoms with Gasteiger partial charge in [0.25, 0.3) is 11.7 Å². The summed E-state index contributed by atoms with van der Waals surface area (Å²) in [4.78, 5) is 36.6. The van der Waals surface area contributed by atoms with Crippen LogP contribution in [0.3, 0.4) is 0 Å². The molecule has 35 heavy (non-hydrogen) atoms. The van der Waals surface area contributed by atoms with Gasteiger partial charge in [-0.2, -0.15) is 26.3 Å². The van der Waals surface area contributed by atoms with Crippen LogP contribution in [0.4, 0.5) is 32.0 Å². The molecular formula is C21H18F6N2O5S. The van der Waals surface area contributed by atoms with Gasteiger partial charge in [0.15, 0.2) is 0 Å². The van der Waals surface area contributed by atoms with Crippen LogP contribution in [0.25, 0.3) is 0 Å². The van der Waals surface area contributed by atoms with Crippen molar-refractivity contribution in [1.82, 2.24) is 4.90 Å². The van der Waals surface area contributed by atoms with E-state index in [1.807, 2.05) is 24.3 Å². The van der Waals surface area contributed by atoms with Gasteiger partial charge in [0.1, 0.15) is 5.75 Å². The van der Waals surface area contributed by atoms with Crippen molar-refractivity contribution >= 4 is 34.7 Å². The second kappa shape index (κ2) is 9.76. The standard InChI is InChI=1S/C19H17F3N2O3S.C2HF3O2/c1-27-14-4-2-11(3-5-14)23-9-13-8-12(23)10-24(13)18(26)16-7-6-15(28-16)17(25)19(20,21)22;3-2(4,5)1(6)7/h2-7,12-13H,8-10H2,1H3;(H,6,7). The Morgan fingerprint density at radius 3 is 1.94 bits per heavy atom. The molecule has 2 atom stereocenters. The zero-order chi connectivity index (χ0) is 26.1.